The molecule has 0 aliphatic heterocycles. The van der Waals surface area contributed by atoms with Crippen molar-refractivity contribution in [2.45, 2.75) is 54.1 Å². The Bertz CT molecular complexity index is 160. The van der Waals surface area contributed by atoms with Gasteiger partial charge in [0.05, 0.1) is 0 Å². The van der Waals surface area contributed by atoms with Gasteiger partial charge in [0, 0.05) is 7.11 Å². The second-order valence-electron chi connectivity index (χ2n) is 4.97. The van der Waals surface area contributed by atoms with E-state index in [1.165, 1.54) is 0 Å². The molecule has 0 aromatic heterocycles. The Labute approximate surface area is 101 Å². The van der Waals surface area contributed by atoms with Gasteiger partial charge in [0.15, 0.2) is 9.12 Å². The fourth-order valence-corrected chi connectivity index (χ4v) is 12.0. The summed E-state index contributed by atoms with van der Waals surface area (Å²) in [6.45, 7) is 13.7. The van der Waals surface area contributed by atoms with Crippen LogP contribution in [0.15, 0.2) is 0 Å². The van der Waals surface area contributed by atoms with Crippen LogP contribution in [-0.2, 0) is 4.43 Å². The SMILES string of the molecule is C.C.CO[Si](C)(C)N[SiH](C)N[Si](C)(C)C. The van der Waals surface area contributed by atoms with Crippen LogP contribution in [-0.4, -0.2) is 32.9 Å². The highest BCUT2D eigenvalue weighted by Gasteiger charge is 2.26. The molecule has 1 atom stereocenters. The summed E-state index contributed by atoms with van der Waals surface area (Å²) in [4.78, 5) is 0. The van der Waals surface area contributed by atoms with E-state index in [2.05, 4.69) is 48.6 Å². The van der Waals surface area contributed by atoms with E-state index in [9.17, 15) is 0 Å². The molecule has 2 N–H and O–H groups in total. The van der Waals surface area contributed by atoms with Crippen LogP contribution in [0.4, 0.5) is 0 Å². The lowest BCUT2D eigenvalue weighted by atomic mass is 11.8. The first-order valence-electron chi connectivity index (χ1n) is 4.77. The second kappa shape index (κ2) is 7.75. The van der Waals surface area contributed by atoms with Gasteiger partial charge in [0.25, 0.3) is 8.48 Å². The Hall–Kier alpha value is 0.531. The summed E-state index contributed by atoms with van der Waals surface area (Å²) in [7, 11) is -1.86. The Morgan fingerprint density at radius 3 is 1.60 bits per heavy atom. The van der Waals surface area contributed by atoms with Crippen LogP contribution in [0.25, 0.3) is 0 Å². The van der Waals surface area contributed by atoms with Crippen molar-refractivity contribution >= 4 is 25.8 Å². The maximum absolute atomic E-state index is 5.46. The molecule has 0 aliphatic rings. The molecule has 0 aliphatic carbocycles. The zero-order valence-corrected chi connectivity index (χ0v) is 13.1. The molecular formula is C9H32N2OSi3. The zero-order chi connectivity index (χ0) is 10.7. The predicted octanol–water partition coefficient (Wildman–Crippen LogP) is 2.47. The van der Waals surface area contributed by atoms with Crippen molar-refractivity contribution in [3.63, 3.8) is 0 Å². The summed E-state index contributed by atoms with van der Waals surface area (Å²) >= 11 is 0. The smallest absolute Gasteiger partial charge is 0.256 e. The molecule has 0 aromatic carbocycles. The van der Waals surface area contributed by atoms with Crippen molar-refractivity contribution in [3.05, 3.63) is 0 Å². The summed E-state index contributed by atoms with van der Waals surface area (Å²) < 4.78 is 12.8. The van der Waals surface area contributed by atoms with Crippen LogP contribution < -0.4 is 9.30 Å². The summed E-state index contributed by atoms with van der Waals surface area (Å²) in [6, 6.07) is 0. The van der Waals surface area contributed by atoms with Gasteiger partial charge in [-0.2, -0.15) is 0 Å². The van der Waals surface area contributed by atoms with Crippen molar-refractivity contribution in [1.29, 1.82) is 0 Å². The highest BCUT2D eigenvalue weighted by atomic mass is 28.4. The zero-order valence-electron chi connectivity index (χ0n) is 9.99. The quantitative estimate of drug-likeness (QED) is 0.752. The topological polar surface area (TPSA) is 33.3 Å². The number of hydrogen-bond acceptors (Lipinski definition) is 3. The molecule has 0 bridgehead atoms. The van der Waals surface area contributed by atoms with E-state index in [-0.39, 0.29) is 14.9 Å². The lowest BCUT2D eigenvalue weighted by Gasteiger charge is -2.30. The highest BCUT2D eigenvalue weighted by Crippen LogP contribution is 1.99. The first kappa shape index (κ1) is 20.9. The van der Waals surface area contributed by atoms with Gasteiger partial charge in [-0.1, -0.05) is 34.5 Å². The Morgan fingerprint density at radius 2 is 1.33 bits per heavy atom. The Morgan fingerprint density at radius 1 is 0.933 bits per heavy atom. The lowest BCUT2D eigenvalue weighted by Crippen LogP contribution is -2.63. The summed E-state index contributed by atoms with van der Waals surface area (Å²) in [5, 5.41) is 0. The Kier molecular flexibility index (Phi) is 10.8. The molecule has 0 rings (SSSR count). The maximum Gasteiger partial charge on any atom is 0.256 e. The van der Waals surface area contributed by atoms with Crippen LogP contribution in [0, 0.1) is 0 Å². The van der Waals surface area contributed by atoms with Crippen molar-refractivity contribution in [1.82, 2.24) is 9.30 Å². The first-order chi connectivity index (χ1) is 5.66. The molecule has 0 heterocycles. The number of rotatable bonds is 5. The van der Waals surface area contributed by atoms with Crippen LogP contribution in [0.3, 0.4) is 0 Å². The van der Waals surface area contributed by atoms with E-state index >= 15 is 0 Å². The normalized spacial score (nSPS) is 13.8. The minimum atomic E-state index is -1.57. The van der Waals surface area contributed by atoms with Gasteiger partial charge in [0.2, 0.25) is 0 Å². The monoisotopic (exact) mass is 268 g/mol. The molecule has 0 spiro atoms. The summed E-state index contributed by atoms with van der Waals surface area (Å²) in [6.07, 6.45) is 0. The third-order valence-corrected chi connectivity index (χ3v) is 12.5. The molecule has 0 amide bonds. The molecule has 96 valence electrons. The van der Waals surface area contributed by atoms with Gasteiger partial charge in [-0.15, -0.1) is 0 Å². The van der Waals surface area contributed by atoms with Crippen LogP contribution in [0.1, 0.15) is 14.9 Å². The van der Waals surface area contributed by atoms with Crippen molar-refractivity contribution in [2.75, 3.05) is 7.11 Å². The van der Waals surface area contributed by atoms with Gasteiger partial charge in [-0.25, -0.2) is 0 Å². The van der Waals surface area contributed by atoms with E-state index in [0.717, 1.165) is 0 Å². The Balaban J connectivity index is -0.000000720. The molecule has 1 unspecified atom stereocenters. The molecule has 0 radical (unpaired) electrons. The predicted molar refractivity (Wildman–Crippen MR) is 80.6 cm³/mol. The molecule has 0 aromatic rings. The standard InChI is InChI=1S/C7H24N2OSi3.2CH4/c1-10-13(6,7)9-11(2)8-12(3,4)5;;/h8-9,11H,1-7H3;2*1H4. The minimum absolute atomic E-state index is 0. The van der Waals surface area contributed by atoms with Gasteiger partial charge < -0.3 is 13.7 Å². The number of nitrogens with one attached hydrogen (secondary N) is 2. The first-order valence-corrected chi connectivity index (χ1v) is 13.5. The van der Waals surface area contributed by atoms with Gasteiger partial charge in [0.1, 0.15) is 8.24 Å². The average molecular weight is 269 g/mol. The average Bonchev–Trinajstić information content (AvgIpc) is 1.81. The van der Waals surface area contributed by atoms with Crippen molar-refractivity contribution in [2.24, 2.45) is 0 Å². The number of hydrogen-bond donors (Lipinski definition) is 2. The molecule has 0 fully saturated rings. The molecule has 15 heavy (non-hydrogen) atoms. The fourth-order valence-electron chi connectivity index (χ4n) is 1.27. The fraction of sp³-hybridized carbons (Fsp3) is 1.00. The minimum Gasteiger partial charge on any atom is -0.407 e. The van der Waals surface area contributed by atoms with E-state index in [1.807, 2.05) is 0 Å². The molecule has 0 saturated carbocycles. The van der Waals surface area contributed by atoms with Crippen LogP contribution >= 0.6 is 0 Å². The third-order valence-electron chi connectivity index (χ3n) is 1.72. The van der Waals surface area contributed by atoms with E-state index in [0.29, 0.717) is 0 Å². The lowest BCUT2D eigenvalue weighted by molar-refractivity contribution is 0.400. The molecule has 3 nitrogen and oxygen atoms in total. The second-order valence-corrected chi connectivity index (χ2v) is 16.7. The van der Waals surface area contributed by atoms with Crippen molar-refractivity contribution in [3.8, 4) is 0 Å². The van der Waals surface area contributed by atoms with Gasteiger partial charge >= 0.3 is 0 Å². The van der Waals surface area contributed by atoms with E-state index in [4.69, 9.17) is 4.43 Å². The maximum atomic E-state index is 5.46. The van der Waals surface area contributed by atoms with E-state index in [1.54, 1.807) is 7.11 Å². The third kappa shape index (κ3) is 12.5. The summed E-state index contributed by atoms with van der Waals surface area (Å²) in [5.74, 6) is 0. The largest absolute Gasteiger partial charge is 0.407 e. The summed E-state index contributed by atoms with van der Waals surface area (Å²) in [5.41, 5.74) is 0. The van der Waals surface area contributed by atoms with Gasteiger partial charge in [-0.05, 0) is 19.6 Å². The highest BCUT2D eigenvalue weighted by molar-refractivity contribution is 6.87. The molecule has 6 heteroatoms. The van der Waals surface area contributed by atoms with Crippen LogP contribution in [0.5, 0.6) is 0 Å². The van der Waals surface area contributed by atoms with Crippen LogP contribution in [0.2, 0.25) is 39.3 Å². The molecule has 0 saturated heterocycles. The van der Waals surface area contributed by atoms with Gasteiger partial charge in [-0.3, -0.25) is 0 Å². The van der Waals surface area contributed by atoms with E-state index < -0.39 is 25.8 Å². The molecular weight excluding hydrogens is 236 g/mol. The van der Waals surface area contributed by atoms with Crippen molar-refractivity contribution < 1.29 is 4.43 Å².